The molecule has 1 aromatic carbocycles. The summed E-state index contributed by atoms with van der Waals surface area (Å²) in [5, 5.41) is 2.89. The van der Waals surface area contributed by atoms with Crippen LogP contribution >= 0.6 is 22.3 Å². The van der Waals surface area contributed by atoms with Crippen molar-refractivity contribution >= 4 is 42.9 Å². The summed E-state index contributed by atoms with van der Waals surface area (Å²) in [4.78, 5) is 12.2. The van der Waals surface area contributed by atoms with Crippen LogP contribution in [-0.4, -0.2) is 14.3 Å². The first-order chi connectivity index (χ1) is 9.39. The molecule has 7 heteroatoms. The first kappa shape index (κ1) is 16.6. The van der Waals surface area contributed by atoms with Crippen molar-refractivity contribution in [2.75, 3.05) is 5.32 Å². The van der Waals surface area contributed by atoms with Crippen LogP contribution in [0.2, 0.25) is 5.02 Å². The fraction of sp³-hybridized carbons (Fsp3) is 0.500. The lowest BCUT2D eigenvalue weighted by Crippen LogP contribution is -2.18. The Morgan fingerprint density at radius 2 is 1.71 bits per heavy atom. The zero-order chi connectivity index (χ0) is 16.2. The van der Waals surface area contributed by atoms with Gasteiger partial charge in [-0.25, -0.2) is 8.42 Å². The maximum absolute atomic E-state index is 12.3. The van der Waals surface area contributed by atoms with Gasteiger partial charge in [0.05, 0.1) is 15.6 Å². The van der Waals surface area contributed by atoms with E-state index in [4.69, 9.17) is 22.3 Å². The van der Waals surface area contributed by atoms with E-state index < -0.39 is 9.05 Å². The molecule has 1 amide bonds. The molecule has 0 spiro atoms. The monoisotopic (exact) mass is 349 g/mol. The number of halogens is 2. The minimum Gasteiger partial charge on any atom is -0.324 e. The number of benzene rings is 1. The zero-order valence-electron chi connectivity index (χ0n) is 12.2. The summed E-state index contributed by atoms with van der Waals surface area (Å²) in [6.07, 6.45) is 0. The van der Waals surface area contributed by atoms with Gasteiger partial charge in [0, 0.05) is 16.6 Å². The van der Waals surface area contributed by atoms with Gasteiger partial charge in [0.25, 0.3) is 9.05 Å². The lowest BCUT2D eigenvalue weighted by Gasteiger charge is -2.09. The summed E-state index contributed by atoms with van der Waals surface area (Å²) < 4.78 is 22.5. The van der Waals surface area contributed by atoms with Crippen LogP contribution in [0.1, 0.15) is 27.7 Å². The lowest BCUT2D eigenvalue weighted by atomic mass is 10.0. The van der Waals surface area contributed by atoms with Crippen molar-refractivity contribution in [1.82, 2.24) is 0 Å². The highest BCUT2D eigenvalue weighted by Crippen LogP contribution is 2.68. The second-order valence-corrected chi connectivity index (χ2v) is 9.42. The molecule has 0 atom stereocenters. The number of hydrogen-bond acceptors (Lipinski definition) is 3. The first-order valence-electron chi connectivity index (χ1n) is 6.44. The third kappa shape index (κ3) is 2.79. The fourth-order valence-electron chi connectivity index (χ4n) is 2.81. The van der Waals surface area contributed by atoms with E-state index in [0.717, 1.165) is 0 Å². The van der Waals surface area contributed by atoms with Crippen LogP contribution in [0.3, 0.4) is 0 Å². The highest BCUT2D eigenvalue weighted by Gasteiger charge is 2.68. The highest BCUT2D eigenvalue weighted by molar-refractivity contribution is 8.13. The summed E-state index contributed by atoms with van der Waals surface area (Å²) >= 11 is 6.01. The van der Waals surface area contributed by atoms with E-state index >= 15 is 0 Å². The van der Waals surface area contributed by atoms with Gasteiger partial charge in [-0.1, -0.05) is 39.3 Å². The average molecular weight is 350 g/mol. The maximum atomic E-state index is 12.3. The molecule has 4 nitrogen and oxygen atoms in total. The second kappa shape index (κ2) is 4.86. The van der Waals surface area contributed by atoms with Crippen LogP contribution in [0.25, 0.3) is 0 Å². The van der Waals surface area contributed by atoms with E-state index in [9.17, 15) is 13.2 Å². The van der Waals surface area contributed by atoms with Crippen molar-refractivity contribution in [3.63, 3.8) is 0 Å². The van der Waals surface area contributed by atoms with Crippen LogP contribution in [0.5, 0.6) is 0 Å². The summed E-state index contributed by atoms with van der Waals surface area (Å²) in [6, 6.07) is 3.98. The molecule has 116 valence electrons. The Morgan fingerprint density at radius 3 is 2.10 bits per heavy atom. The molecule has 0 radical (unpaired) electrons. The molecule has 0 aromatic heterocycles. The molecular weight excluding hydrogens is 333 g/mol. The Labute approximate surface area is 134 Å². The van der Waals surface area contributed by atoms with E-state index in [0.29, 0.717) is 5.69 Å². The van der Waals surface area contributed by atoms with Crippen LogP contribution in [0.15, 0.2) is 23.1 Å². The van der Waals surface area contributed by atoms with Crippen molar-refractivity contribution < 1.29 is 13.2 Å². The summed E-state index contributed by atoms with van der Waals surface area (Å²) in [5.41, 5.74) is 0.218. The molecule has 0 bridgehead atoms. The molecule has 2 rings (SSSR count). The topological polar surface area (TPSA) is 63.2 Å². The predicted molar refractivity (Wildman–Crippen MR) is 84.2 cm³/mol. The minimum absolute atomic E-state index is 0.0804. The Bertz CT molecular complexity index is 697. The molecule has 1 N–H and O–H groups in total. The molecule has 0 aliphatic heterocycles. The Hall–Kier alpha value is -0.780. The molecule has 0 saturated heterocycles. The van der Waals surface area contributed by atoms with E-state index in [1.54, 1.807) is 0 Å². The third-order valence-corrected chi connectivity index (χ3v) is 6.43. The van der Waals surface area contributed by atoms with Gasteiger partial charge in [-0.3, -0.25) is 4.79 Å². The average Bonchev–Trinajstić information content (AvgIpc) is 2.70. The van der Waals surface area contributed by atoms with Gasteiger partial charge in [-0.05, 0) is 29.0 Å². The largest absolute Gasteiger partial charge is 0.324 e. The van der Waals surface area contributed by atoms with Gasteiger partial charge in [0.2, 0.25) is 5.91 Å². The molecule has 0 heterocycles. The zero-order valence-corrected chi connectivity index (χ0v) is 14.5. The Balaban J connectivity index is 2.21. The summed E-state index contributed by atoms with van der Waals surface area (Å²) in [5.74, 6) is -0.231. The van der Waals surface area contributed by atoms with Crippen molar-refractivity contribution in [3.05, 3.63) is 23.2 Å². The van der Waals surface area contributed by atoms with E-state index in [2.05, 4.69) is 5.32 Å². The van der Waals surface area contributed by atoms with Gasteiger partial charge in [-0.2, -0.15) is 0 Å². The van der Waals surface area contributed by atoms with Gasteiger partial charge >= 0.3 is 0 Å². The smallest absolute Gasteiger partial charge is 0.261 e. The quantitative estimate of drug-likeness (QED) is 0.842. The number of nitrogens with one attached hydrogen (secondary N) is 1. The van der Waals surface area contributed by atoms with Gasteiger partial charge in [0.1, 0.15) is 0 Å². The van der Waals surface area contributed by atoms with E-state index in [1.165, 1.54) is 18.2 Å². The number of anilines is 1. The number of amides is 1. The molecule has 1 aliphatic rings. The molecule has 0 unspecified atom stereocenters. The normalized spacial score (nSPS) is 20.1. The van der Waals surface area contributed by atoms with Crippen molar-refractivity contribution in [2.45, 2.75) is 32.6 Å². The summed E-state index contributed by atoms with van der Waals surface area (Å²) in [6.45, 7) is 8.17. The fourth-order valence-corrected chi connectivity index (χ4v) is 3.88. The Morgan fingerprint density at radius 1 is 1.19 bits per heavy atom. The molecule has 1 aromatic rings. The number of carbonyl (C=O) groups excluding carboxylic acids is 1. The van der Waals surface area contributed by atoms with Crippen LogP contribution in [-0.2, 0) is 13.8 Å². The standard InChI is InChI=1S/C14H17Cl2NO3S/c1-13(2)11(14(13,3)4)12(18)17-10-6-5-8(7-9(10)15)21(16,19)20/h5-7,11H,1-4H3,(H,17,18). The predicted octanol–water partition coefficient (Wildman–Crippen LogP) is 3.89. The van der Waals surface area contributed by atoms with Crippen LogP contribution in [0, 0.1) is 16.7 Å². The van der Waals surface area contributed by atoms with Crippen molar-refractivity contribution in [1.29, 1.82) is 0 Å². The minimum atomic E-state index is -3.84. The number of rotatable bonds is 3. The third-order valence-electron chi connectivity index (χ3n) is 4.76. The number of carbonyl (C=O) groups is 1. The van der Waals surface area contributed by atoms with E-state index in [1.807, 2.05) is 27.7 Å². The van der Waals surface area contributed by atoms with E-state index in [-0.39, 0.29) is 32.6 Å². The summed E-state index contributed by atoms with van der Waals surface area (Å²) in [7, 11) is 1.41. The molecule has 1 aliphatic carbocycles. The number of hydrogen-bond donors (Lipinski definition) is 1. The Kier molecular flexibility index (Phi) is 3.84. The SMILES string of the molecule is CC1(C)C(C(=O)Nc2ccc(S(=O)(=O)Cl)cc2Cl)C1(C)C. The first-order valence-corrected chi connectivity index (χ1v) is 9.13. The molecule has 21 heavy (non-hydrogen) atoms. The van der Waals surface area contributed by atoms with Gasteiger partial charge < -0.3 is 5.32 Å². The molecule has 1 fully saturated rings. The van der Waals surface area contributed by atoms with Crippen LogP contribution in [0.4, 0.5) is 5.69 Å². The lowest BCUT2D eigenvalue weighted by molar-refractivity contribution is -0.118. The highest BCUT2D eigenvalue weighted by atomic mass is 35.7. The maximum Gasteiger partial charge on any atom is 0.261 e. The van der Waals surface area contributed by atoms with Crippen molar-refractivity contribution in [2.24, 2.45) is 16.7 Å². The van der Waals surface area contributed by atoms with Crippen LogP contribution < -0.4 is 5.32 Å². The van der Waals surface area contributed by atoms with Crippen molar-refractivity contribution in [3.8, 4) is 0 Å². The molecule has 1 saturated carbocycles. The molecular formula is C14H17Cl2NO3S. The van der Waals surface area contributed by atoms with Gasteiger partial charge in [-0.15, -0.1) is 0 Å². The van der Waals surface area contributed by atoms with Gasteiger partial charge in [0.15, 0.2) is 0 Å². The second-order valence-electron chi connectivity index (χ2n) is 6.45.